The number of rotatable bonds is 6. The van der Waals surface area contributed by atoms with Crippen LogP contribution in [0.2, 0.25) is 0 Å². The zero-order chi connectivity index (χ0) is 24.0. The molecule has 168 valence electrons. The highest BCUT2D eigenvalue weighted by atomic mass is 16.3. The molecule has 0 saturated heterocycles. The Kier molecular flexibility index (Phi) is 6.09. The first-order valence-corrected chi connectivity index (χ1v) is 10.0. The van der Waals surface area contributed by atoms with Gasteiger partial charge in [-0.1, -0.05) is 13.8 Å². The number of carbonyl (C=O) groups is 4. The first-order chi connectivity index (χ1) is 14.2. The number of aliphatic hydroxyl groups is 4. The zero-order valence-electron chi connectivity index (χ0n) is 18.5. The summed E-state index contributed by atoms with van der Waals surface area (Å²) >= 11 is 0. The third-order valence-electron chi connectivity index (χ3n) is 5.97. The number of allylic oxidation sites excluding steroid dienone is 4. The molecule has 2 aliphatic carbocycles. The van der Waals surface area contributed by atoms with E-state index in [0.29, 0.717) is 0 Å². The van der Waals surface area contributed by atoms with Crippen molar-refractivity contribution in [2.75, 3.05) is 0 Å². The van der Waals surface area contributed by atoms with Crippen LogP contribution in [0.1, 0.15) is 60.8 Å². The molecule has 8 nitrogen and oxygen atoms in total. The molecule has 0 bridgehead atoms. The Morgan fingerprint density at radius 2 is 0.935 bits per heavy atom. The first-order valence-electron chi connectivity index (χ1n) is 10.0. The predicted molar refractivity (Wildman–Crippen MR) is 111 cm³/mol. The molecule has 0 aromatic heterocycles. The van der Waals surface area contributed by atoms with Gasteiger partial charge in [0.05, 0.1) is 10.8 Å². The van der Waals surface area contributed by atoms with Gasteiger partial charge in [-0.15, -0.1) is 0 Å². The largest absolute Gasteiger partial charge is 0.511 e. The molecule has 0 amide bonds. The Hall–Kier alpha value is -3.16. The lowest BCUT2D eigenvalue weighted by molar-refractivity contribution is -0.121. The summed E-state index contributed by atoms with van der Waals surface area (Å²) < 4.78 is 0. The van der Waals surface area contributed by atoms with E-state index in [1.807, 2.05) is 0 Å². The molecule has 0 spiro atoms. The Morgan fingerprint density at radius 3 is 1.19 bits per heavy atom. The number of hydrogen-bond donors (Lipinski definition) is 4. The van der Waals surface area contributed by atoms with E-state index in [2.05, 4.69) is 0 Å². The summed E-state index contributed by atoms with van der Waals surface area (Å²) in [5.41, 5.74) is -4.60. The fourth-order valence-corrected chi connectivity index (χ4v) is 3.71. The van der Waals surface area contributed by atoms with Crippen molar-refractivity contribution in [2.24, 2.45) is 10.8 Å². The Balaban J connectivity index is 2.69. The van der Waals surface area contributed by atoms with E-state index in [4.69, 9.17) is 0 Å². The molecule has 2 aliphatic rings. The van der Waals surface area contributed by atoms with Crippen molar-refractivity contribution in [3.8, 4) is 0 Å². The van der Waals surface area contributed by atoms with Crippen molar-refractivity contribution in [2.45, 2.75) is 60.8 Å². The summed E-state index contributed by atoms with van der Waals surface area (Å²) in [6, 6.07) is 0. The molecule has 4 N–H and O–H groups in total. The summed E-state index contributed by atoms with van der Waals surface area (Å²) in [5.74, 6) is -5.39. The van der Waals surface area contributed by atoms with Crippen LogP contribution < -0.4 is 0 Å². The number of carbonyl (C=O) groups excluding carboxylic acids is 4. The van der Waals surface area contributed by atoms with Gasteiger partial charge in [-0.3, -0.25) is 19.2 Å². The molecule has 0 aromatic rings. The molecule has 0 unspecified atom stereocenters. The van der Waals surface area contributed by atoms with Crippen LogP contribution in [0, 0.1) is 10.8 Å². The highest BCUT2D eigenvalue weighted by Crippen LogP contribution is 2.46. The maximum absolute atomic E-state index is 13.0. The molecule has 0 radical (unpaired) electrons. The zero-order valence-corrected chi connectivity index (χ0v) is 18.5. The lowest BCUT2D eigenvalue weighted by Gasteiger charge is -2.34. The lowest BCUT2D eigenvalue weighted by Crippen LogP contribution is -2.36. The fourth-order valence-electron chi connectivity index (χ4n) is 3.71. The minimum atomic E-state index is -1.48. The number of aliphatic hydroxyl groups excluding tert-OH is 4. The van der Waals surface area contributed by atoms with Crippen molar-refractivity contribution in [3.05, 3.63) is 45.3 Å². The molecule has 0 fully saturated rings. The van der Waals surface area contributed by atoms with Gasteiger partial charge >= 0.3 is 0 Å². The molecule has 0 atom stereocenters. The van der Waals surface area contributed by atoms with E-state index in [1.165, 1.54) is 41.5 Å². The standard InChI is InChI=1S/C23H28O8/c1-7-12(24)14-16(26)10(18(28)22(3,4)20(14)30)9-11-17(27)15(13(25)8-2)21(31)23(5,6)19(11)29/h28-31H,7-9H2,1-6H3. The van der Waals surface area contributed by atoms with E-state index in [9.17, 15) is 39.6 Å². The highest BCUT2D eigenvalue weighted by molar-refractivity contribution is 6.30. The van der Waals surface area contributed by atoms with E-state index in [0.717, 1.165) is 0 Å². The average Bonchev–Trinajstić information content (AvgIpc) is 2.71. The van der Waals surface area contributed by atoms with E-state index >= 15 is 0 Å². The summed E-state index contributed by atoms with van der Waals surface area (Å²) in [6.45, 7) is 8.66. The lowest BCUT2D eigenvalue weighted by atomic mass is 9.71. The van der Waals surface area contributed by atoms with E-state index in [1.54, 1.807) is 0 Å². The van der Waals surface area contributed by atoms with Crippen LogP contribution in [0.25, 0.3) is 0 Å². The van der Waals surface area contributed by atoms with Gasteiger partial charge in [0.25, 0.3) is 0 Å². The maximum atomic E-state index is 13.0. The predicted octanol–water partition coefficient (Wildman–Crippen LogP) is 3.80. The van der Waals surface area contributed by atoms with Crippen LogP contribution in [-0.4, -0.2) is 43.6 Å². The van der Waals surface area contributed by atoms with Crippen molar-refractivity contribution in [1.29, 1.82) is 0 Å². The second-order valence-electron chi connectivity index (χ2n) is 8.74. The molecule has 0 saturated carbocycles. The van der Waals surface area contributed by atoms with Crippen molar-refractivity contribution in [1.82, 2.24) is 0 Å². The third-order valence-corrected chi connectivity index (χ3v) is 5.97. The monoisotopic (exact) mass is 432 g/mol. The summed E-state index contributed by atoms with van der Waals surface area (Å²) in [4.78, 5) is 50.7. The van der Waals surface area contributed by atoms with Crippen molar-refractivity contribution in [3.63, 3.8) is 0 Å². The van der Waals surface area contributed by atoms with Gasteiger partial charge in [-0.05, 0) is 27.7 Å². The topological polar surface area (TPSA) is 149 Å². The fraction of sp³-hybridized carbons (Fsp3) is 0.478. The van der Waals surface area contributed by atoms with Crippen molar-refractivity contribution >= 4 is 23.1 Å². The molecule has 0 aromatic carbocycles. The minimum Gasteiger partial charge on any atom is -0.511 e. The smallest absolute Gasteiger partial charge is 0.199 e. The van der Waals surface area contributed by atoms with Crippen LogP contribution in [-0.2, 0) is 19.2 Å². The van der Waals surface area contributed by atoms with Gasteiger partial charge in [-0.25, -0.2) is 0 Å². The van der Waals surface area contributed by atoms with Crippen molar-refractivity contribution < 1.29 is 39.6 Å². The SMILES string of the molecule is CCC(=O)C1=C(O)C(C)(C)C(O)=C(CC2=C(O)C(C)(C)C(O)=C(C(=O)CC)C2=O)C1=O. The quantitative estimate of drug-likeness (QED) is 0.463. The second kappa shape index (κ2) is 7.83. The van der Waals surface area contributed by atoms with Gasteiger partial charge in [0.1, 0.15) is 34.2 Å². The summed E-state index contributed by atoms with van der Waals surface area (Å²) in [5, 5.41) is 42.4. The van der Waals surface area contributed by atoms with Crippen LogP contribution in [0.4, 0.5) is 0 Å². The number of hydrogen-bond acceptors (Lipinski definition) is 8. The Morgan fingerprint density at radius 1 is 0.645 bits per heavy atom. The molecule has 0 aliphatic heterocycles. The summed E-state index contributed by atoms with van der Waals surface area (Å²) in [6.07, 6.45) is -0.717. The molecule has 8 heteroatoms. The molecular weight excluding hydrogens is 404 g/mol. The van der Waals surface area contributed by atoms with Gasteiger partial charge in [0.2, 0.25) is 0 Å². The van der Waals surface area contributed by atoms with Gasteiger partial charge in [0, 0.05) is 30.4 Å². The molecule has 0 heterocycles. The van der Waals surface area contributed by atoms with Gasteiger partial charge < -0.3 is 20.4 Å². The molecule has 31 heavy (non-hydrogen) atoms. The van der Waals surface area contributed by atoms with Crippen LogP contribution in [0.5, 0.6) is 0 Å². The average molecular weight is 432 g/mol. The Labute approximate surface area is 180 Å². The van der Waals surface area contributed by atoms with Gasteiger partial charge in [0.15, 0.2) is 23.1 Å². The second-order valence-corrected chi connectivity index (χ2v) is 8.74. The number of ketones is 4. The summed E-state index contributed by atoms with van der Waals surface area (Å²) in [7, 11) is 0. The van der Waals surface area contributed by atoms with Gasteiger partial charge in [-0.2, -0.15) is 0 Å². The highest BCUT2D eigenvalue weighted by Gasteiger charge is 2.47. The maximum Gasteiger partial charge on any atom is 0.199 e. The third kappa shape index (κ3) is 3.49. The van der Waals surface area contributed by atoms with E-state index in [-0.39, 0.29) is 24.0 Å². The van der Waals surface area contributed by atoms with E-state index < -0.39 is 74.6 Å². The number of Topliss-reactive ketones (excluding diaryl/α,β-unsaturated/α-hetero) is 4. The van der Waals surface area contributed by atoms with Crippen LogP contribution >= 0.6 is 0 Å². The van der Waals surface area contributed by atoms with Crippen LogP contribution in [0.15, 0.2) is 45.3 Å². The van der Waals surface area contributed by atoms with Crippen LogP contribution in [0.3, 0.4) is 0 Å². The minimum absolute atomic E-state index is 0.0685. The molecule has 2 rings (SSSR count). The normalized spacial score (nSPS) is 21.2. The first kappa shape index (κ1) is 24.1. The molecular formula is C23H28O8. The Bertz CT molecular complexity index is 946.